The first-order valence-electron chi connectivity index (χ1n) is 6.42. The molecule has 1 aromatic rings. The molecule has 0 bridgehead atoms. The van der Waals surface area contributed by atoms with Gasteiger partial charge in [0, 0.05) is 39.2 Å². The van der Waals surface area contributed by atoms with Gasteiger partial charge in [0.2, 0.25) is 5.91 Å². The Balaban J connectivity index is 2.20. The summed E-state index contributed by atoms with van der Waals surface area (Å²) in [6, 6.07) is 3.37. The second-order valence-electron chi connectivity index (χ2n) is 4.76. The normalized spacial score (nSPS) is 14.9. The lowest BCUT2D eigenvalue weighted by atomic mass is 10.1. The Hall–Kier alpha value is -2.64. The molecule has 112 valence electrons. The van der Waals surface area contributed by atoms with Gasteiger partial charge in [0.1, 0.15) is 11.3 Å². The predicted octanol–water partition coefficient (Wildman–Crippen LogP) is 0.605. The van der Waals surface area contributed by atoms with Gasteiger partial charge in [-0.3, -0.25) is 19.7 Å². The Labute approximate surface area is 120 Å². The molecule has 1 fully saturated rings. The molecule has 1 N–H and O–H groups in total. The summed E-state index contributed by atoms with van der Waals surface area (Å²) in [5.74, 6) is -0.780. The minimum Gasteiger partial charge on any atom is -0.508 e. The van der Waals surface area contributed by atoms with Crippen LogP contribution in [0.3, 0.4) is 0 Å². The first kappa shape index (κ1) is 14.8. The number of hydrogen-bond acceptors (Lipinski definition) is 5. The largest absolute Gasteiger partial charge is 0.508 e. The molecule has 0 aromatic heterocycles. The van der Waals surface area contributed by atoms with E-state index in [0.29, 0.717) is 26.2 Å². The maximum Gasteiger partial charge on any atom is 0.282 e. The van der Waals surface area contributed by atoms with Gasteiger partial charge in [-0.15, -0.1) is 0 Å². The fraction of sp³-hybridized carbons (Fsp3) is 0.385. The molecular formula is C13H15N3O5. The lowest BCUT2D eigenvalue weighted by molar-refractivity contribution is -0.385. The zero-order valence-corrected chi connectivity index (χ0v) is 11.5. The van der Waals surface area contributed by atoms with E-state index in [4.69, 9.17) is 0 Å². The SMILES string of the molecule is CC(=O)N1CCN(C(=O)c2cc(O)ccc2[N+](=O)[O-])CC1. The van der Waals surface area contributed by atoms with Crippen molar-refractivity contribution in [2.45, 2.75) is 6.92 Å². The van der Waals surface area contributed by atoms with Crippen molar-refractivity contribution in [3.05, 3.63) is 33.9 Å². The summed E-state index contributed by atoms with van der Waals surface area (Å²) in [5.41, 5.74) is -0.483. The molecule has 0 spiro atoms. The average Bonchev–Trinajstić information content (AvgIpc) is 2.46. The highest BCUT2D eigenvalue weighted by Gasteiger charge is 2.28. The molecular weight excluding hydrogens is 278 g/mol. The van der Waals surface area contributed by atoms with E-state index in [1.165, 1.54) is 17.9 Å². The molecule has 1 aliphatic rings. The summed E-state index contributed by atoms with van der Waals surface area (Å²) in [5, 5.41) is 20.4. The molecule has 0 saturated carbocycles. The highest BCUT2D eigenvalue weighted by molar-refractivity contribution is 5.98. The fourth-order valence-corrected chi connectivity index (χ4v) is 2.25. The minimum atomic E-state index is -0.654. The molecule has 1 saturated heterocycles. The Morgan fingerprint density at radius 3 is 2.29 bits per heavy atom. The van der Waals surface area contributed by atoms with Gasteiger partial charge in [0.25, 0.3) is 11.6 Å². The summed E-state index contributed by atoms with van der Waals surface area (Å²) in [4.78, 5) is 37.0. The number of hydrogen-bond donors (Lipinski definition) is 1. The first-order valence-corrected chi connectivity index (χ1v) is 6.42. The van der Waals surface area contributed by atoms with E-state index >= 15 is 0 Å². The number of piperazine rings is 1. The number of rotatable bonds is 2. The molecule has 0 atom stereocenters. The van der Waals surface area contributed by atoms with Crippen LogP contribution in [-0.2, 0) is 4.79 Å². The predicted molar refractivity (Wildman–Crippen MR) is 72.9 cm³/mol. The van der Waals surface area contributed by atoms with Crippen LogP contribution < -0.4 is 0 Å². The van der Waals surface area contributed by atoms with Gasteiger partial charge < -0.3 is 14.9 Å². The van der Waals surface area contributed by atoms with E-state index in [9.17, 15) is 24.8 Å². The monoisotopic (exact) mass is 293 g/mol. The van der Waals surface area contributed by atoms with Crippen LogP contribution in [0.25, 0.3) is 0 Å². The molecule has 0 radical (unpaired) electrons. The van der Waals surface area contributed by atoms with Crippen LogP contribution in [0.1, 0.15) is 17.3 Å². The highest BCUT2D eigenvalue weighted by atomic mass is 16.6. The number of aromatic hydroxyl groups is 1. The van der Waals surface area contributed by atoms with Gasteiger partial charge in [-0.1, -0.05) is 0 Å². The van der Waals surface area contributed by atoms with Crippen molar-refractivity contribution in [2.24, 2.45) is 0 Å². The van der Waals surface area contributed by atoms with Crippen molar-refractivity contribution in [2.75, 3.05) is 26.2 Å². The van der Waals surface area contributed by atoms with E-state index in [-0.39, 0.29) is 22.9 Å². The standard InChI is InChI=1S/C13H15N3O5/c1-9(17)14-4-6-15(7-5-14)13(19)11-8-10(18)2-3-12(11)16(20)21/h2-3,8,18H,4-7H2,1H3. The summed E-state index contributed by atoms with van der Waals surface area (Å²) >= 11 is 0. The smallest absolute Gasteiger partial charge is 0.282 e. The summed E-state index contributed by atoms with van der Waals surface area (Å²) in [6.45, 7) is 2.87. The van der Waals surface area contributed by atoms with Gasteiger partial charge in [0.15, 0.2) is 0 Å². The van der Waals surface area contributed by atoms with Crippen LogP contribution in [0.5, 0.6) is 5.75 Å². The molecule has 0 aliphatic carbocycles. The summed E-state index contributed by atoms with van der Waals surface area (Å²) < 4.78 is 0. The molecule has 8 heteroatoms. The summed E-state index contributed by atoms with van der Waals surface area (Å²) in [6.07, 6.45) is 0. The van der Waals surface area contributed by atoms with E-state index in [2.05, 4.69) is 0 Å². The number of phenolic OH excluding ortho intramolecular Hbond substituents is 1. The molecule has 2 amide bonds. The number of phenols is 1. The second kappa shape index (κ2) is 5.78. The van der Waals surface area contributed by atoms with Crippen molar-refractivity contribution >= 4 is 17.5 Å². The first-order chi connectivity index (χ1) is 9.90. The average molecular weight is 293 g/mol. The number of nitro benzene ring substituents is 1. The third kappa shape index (κ3) is 3.10. The molecule has 21 heavy (non-hydrogen) atoms. The molecule has 1 aromatic carbocycles. The number of carbonyl (C=O) groups is 2. The maximum absolute atomic E-state index is 12.4. The number of benzene rings is 1. The molecule has 8 nitrogen and oxygen atoms in total. The van der Waals surface area contributed by atoms with Crippen LogP contribution in [0.2, 0.25) is 0 Å². The molecule has 1 aliphatic heterocycles. The van der Waals surface area contributed by atoms with E-state index in [1.807, 2.05) is 0 Å². The van der Waals surface area contributed by atoms with Crippen LogP contribution in [0.15, 0.2) is 18.2 Å². The Morgan fingerprint density at radius 2 is 1.76 bits per heavy atom. The Morgan fingerprint density at radius 1 is 1.19 bits per heavy atom. The molecule has 0 unspecified atom stereocenters. The minimum absolute atomic E-state index is 0.0644. The second-order valence-corrected chi connectivity index (χ2v) is 4.76. The van der Waals surface area contributed by atoms with Gasteiger partial charge in [-0.2, -0.15) is 0 Å². The Kier molecular flexibility index (Phi) is 4.06. The van der Waals surface area contributed by atoms with E-state index < -0.39 is 10.8 Å². The third-order valence-corrected chi connectivity index (χ3v) is 3.42. The molecule has 2 rings (SSSR count). The lowest BCUT2D eigenvalue weighted by Crippen LogP contribution is -2.50. The van der Waals surface area contributed by atoms with Gasteiger partial charge in [-0.25, -0.2) is 0 Å². The lowest BCUT2D eigenvalue weighted by Gasteiger charge is -2.34. The number of nitro groups is 1. The molecule has 1 heterocycles. The van der Waals surface area contributed by atoms with Crippen molar-refractivity contribution in [3.8, 4) is 5.75 Å². The van der Waals surface area contributed by atoms with E-state index in [0.717, 1.165) is 12.1 Å². The van der Waals surface area contributed by atoms with Crippen LogP contribution in [0, 0.1) is 10.1 Å². The van der Waals surface area contributed by atoms with Gasteiger partial charge in [-0.05, 0) is 12.1 Å². The van der Waals surface area contributed by atoms with Crippen molar-refractivity contribution in [1.29, 1.82) is 0 Å². The Bertz CT molecular complexity index is 593. The third-order valence-electron chi connectivity index (χ3n) is 3.42. The van der Waals surface area contributed by atoms with Crippen molar-refractivity contribution < 1.29 is 19.6 Å². The number of carbonyl (C=O) groups excluding carboxylic acids is 2. The number of nitrogens with zero attached hydrogens (tertiary/aromatic N) is 3. The highest BCUT2D eigenvalue weighted by Crippen LogP contribution is 2.25. The van der Waals surface area contributed by atoms with Gasteiger partial charge >= 0.3 is 0 Å². The zero-order valence-electron chi connectivity index (χ0n) is 11.5. The maximum atomic E-state index is 12.4. The zero-order chi connectivity index (χ0) is 15.6. The van der Waals surface area contributed by atoms with E-state index in [1.54, 1.807) is 4.90 Å². The van der Waals surface area contributed by atoms with Crippen LogP contribution >= 0.6 is 0 Å². The van der Waals surface area contributed by atoms with Crippen LogP contribution in [-0.4, -0.2) is 57.8 Å². The fourth-order valence-electron chi connectivity index (χ4n) is 2.25. The summed E-state index contributed by atoms with van der Waals surface area (Å²) in [7, 11) is 0. The number of amides is 2. The topological polar surface area (TPSA) is 104 Å². The van der Waals surface area contributed by atoms with Gasteiger partial charge in [0.05, 0.1) is 4.92 Å². The van der Waals surface area contributed by atoms with Crippen molar-refractivity contribution in [3.63, 3.8) is 0 Å². The quantitative estimate of drug-likeness (QED) is 0.635. The van der Waals surface area contributed by atoms with Crippen molar-refractivity contribution in [1.82, 2.24) is 9.80 Å². The van der Waals surface area contributed by atoms with Crippen LogP contribution in [0.4, 0.5) is 5.69 Å².